The quantitative estimate of drug-likeness (QED) is 0.834. The van der Waals surface area contributed by atoms with Gasteiger partial charge in [0, 0.05) is 31.7 Å². The van der Waals surface area contributed by atoms with Gasteiger partial charge < -0.3 is 20.7 Å². The Morgan fingerprint density at radius 3 is 3.05 bits per heavy atom. The summed E-state index contributed by atoms with van der Waals surface area (Å²) in [4.78, 5) is 25.4. The molecule has 1 saturated heterocycles. The topological polar surface area (TPSA) is 84.7 Å². The summed E-state index contributed by atoms with van der Waals surface area (Å²) in [6.07, 6.45) is 0.646. The Morgan fingerprint density at radius 2 is 2.27 bits per heavy atom. The van der Waals surface area contributed by atoms with E-state index in [1.54, 1.807) is 11.0 Å². The molecule has 2 aliphatic heterocycles. The van der Waals surface area contributed by atoms with Gasteiger partial charge in [-0.25, -0.2) is 4.39 Å². The molecular formula is C15H18FN3O3. The Labute approximate surface area is 127 Å². The molecule has 2 aliphatic rings. The molecule has 2 heterocycles. The normalized spacial score (nSPS) is 21.3. The van der Waals surface area contributed by atoms with Crippen molar-refractivity contribution in [3.8, 4) is 0 Å². The smallest absolute Gasteiger partial charge is 0.257 e. The summed E-state index contributed by atoms with van der Waals surface area (Å²) < 4.78 is 19.7. The fourth-order valence-corrected chi connectivity index (χ4v) is 2.78. The first-order chi connectivity index (χ1) is 10.6. The highest BCUT2D eigenvalue weighted by atomic mass is 19.1. The number of nitrogens with zero attached hydrogens (tertiary/aromatic N) is 1. The van der Waals surface area contributed by atoms with Crippen molar-refractivity contribution in [1.29, 1.82) is 0 Å². The molecular weight excluding hydrogens is 289 g/mol. The molecule has 0 aliphatic carbocycles. The lowest BCUT2D eigenvalue weighted by atomic mass is 9.99. The van der Waals surface area contributed by atoms with Gasteiger partial charge in [0.1, 0.15) is 5.82 Å². The number of ether oxygens (including phenoxy) is 1. The monoisotopic (exact) mass is 307 g/mol. The fraction of sp³-hybridized carbons (Fsp3) is 0.467. The van der Waals surface area contributed by atoms with Crippen LogP contribution in [0, 0.1) is 5.82 Å². The number of carbonyl (C=O) groups excluding carboxylic acids is 2. The highest BCUT2D eigenvalue weighted by Gasteiger charge is 2.27. The van der Waals surface area contributed by atoms with Crippen molar-refractivity contribution < 1.29 is 18.7 Å². The molecule has 2 amide bonds. The third-order valence-corrected chi connectivity index (χ3v) is 4.01. The van der Waals surface area contributed by atoms with Crippen LogP contribution < -0.4 is 11.1 Å². The highest BCUT2D eigenvalue weighted by Crippen LogP contribution is 2.27. The van der Waals surface area contributed by atoms with Gasteiger partial charge in [-0.1, -0.05) is 0 Å². The van der Waals surface area contributed by atoms with Crippen LogP contribution in [0.25, 0.3) is 0 Å². The maximum absolute atomic E-state index is 14.2. The average Bonchev–Trinajstić information content (AvgIpc) is 2.53. The number of nitrogens with one attached hydrogen (secondary N) is 1. The average molecular weight is 307 g/mol. The number of nitrogens with two attached hydrogens (primary N) is 1. The molecule has 7 heteroatoms. The molecule has 1 aromatic rings. The largest absolute Gasteiger partial charge is 0.373 e. The number of anilines is 1. The van der Waals surface area contributed by atoms with Gasteiger partial charge in [0.2, 0.25) is 5.91 Å². The summed E-state index contributed by atoms with van der Waals surface area (Å²) in [5.74, 6) is -1.12. The molecule has 0 spiro atoms. The molecule has 1 unspecified atom stereocenters. The number of carbonyl (C=O) groups is 2. The van der Waals surface area contributed by atoms with E-state index >= 15 is 0 Å². The summed E-state index contributed by atoms with van der Waals surface area (Å²) in [6.45, 7) is 1.50. The number of halogens is 1. The van der Waals surface area contributed by atoms with Crippen molar-refractivity contribution in [2.75, 3.05) is 31.6 Å². The van der Waals surface area contributed by atoms with Gasteiger partial charge in [-0.15, -0.1) is 0 Å². The molecule has 0 aromatic heterocycles. The number of hydrogen-bond donors (Lipinski definition) is 2. The van der Waals surface area contributed by atoms with Crippen molar-refractivity contribution in [3.05, 3.63) is 29.1 Å². The Morgan fingerprint density at radius 1 is 1.45 bits per heavy atom. The zero-order valence-electron chi connectivity index (χ0n) is 12.1. The van der Waals surface area contributed by atoms with Gasteiger partial charge in [0.15, 0.2) is 0 Å². The van der Waals surface area contributed by atoms with E-state index in [1.807, 2.05) is 0 Å². The number of benzene rings is 1. The lowest BCUT2D eigenvalue weighted by molar-refractivity contribution is -0.116. The Hall–Kier alpha value is -1.99. The van der Waals surface area contributed by atoms with Crippen LogP contribution >= 0.6 is 0 Å². The van der Waals surface area contributed by atoms with Gasteiger partial charge in [-0.2, -0.15) is 0 Å². The summed E-state index contributed by atoms with van der Waals surface area (Å²) in [7, 11) is 0. The first-order valence-corrected chi connectivity index (χ1v) is 7.31. The van der Waals surface area contributed by atoms with Crippen LogP contribution in [0.1, 0.15) is 22.3 Å². The van der Waals surface area contributed by atoms with Crippen LogP contribution in [-0.2, 0) is 16.0 Å². The molecule has 22 heavy (non-hydrogen) atoms. The molecule has 3 N–H and O–H groups in total. The van der Waals surface area contributed by atoms with Crippen molar-refractivity contribution in [2.24, 2.45) is 5.73 Å². The minimum atomic E-state index is -0.623. The molecule has 1 fully saturated rings. The molecule has 3 rings (SSSR count). The lowest BCUT2D eigenvalue weighted by Gasteiger charge is -2.32. The Kier molecular flexibility index (Phi) is 4.08. The van der Waals surface area contributed by atoms with E-state index in [-0.39, 0.29) is 23.5 Å². The van der Waals surface area contributed by atoms with Crippen LogP contribution in [0.3, 0.4) is 0 Å². The number of amides is 2. The second-order valence-corrected chi connectivity index (χ2v) is 5.52. The van der Waals surface area contributed by atoms with E-state index in [1.165, 1.54) is 6.07 Å². The van der Waals surface area contributed by atoms with E-state index in [2.05, 4.69) is 5.32 Å². The maximum atomic E-state index is 14.2. The Bertz CT molecular complexity index is 620. The Balaban J connectivity index is 1.85. The van der Waals surface area contributed by atoms with Crippen molar-refractivity contribution in [1.82, 2.24) is 4.90 Å². The number of rotatable bonds is 2. The molecule has 6 nitrogen and oxygen atoms in total. The van der Waals surface area contributed by atoms with Crippen LogP contribution in [0.4, 0.5) is 10.1 Å². The first kappa shape index (κ1) is 14.9. The molecule has 118 valence electrons. The summed E-state index contributed by atoms with van der Waals surface area (Å²) in [5, 5.41) is 2.62. The zero-order valence-corrected chi connectivity index (χ0v) is 12.1. The van der Waals surface area contributed by atoms with E-state index < -0.39 is 5.82 Å². The molecule has 0 saturated carbocycles. The van der Waals surface area contributed by atoms with Crippen molar-refractivity contribution in [3.63, 3.8) is 0 Å². The number of morpholine rings is 1. The number of fused-ring (bicyclic) bond motifs is 1. The highest BCUT2D eigenvalue weighted by molar-refractivity contribution is 5.98. The third kappa shape index (κ3) is 2.82. The van der Waals surface area contributed by atoms with Crippen LogP contribution in [0.15, 0.2) is 12.1 Å². The van der Waals surface area contributed by atoms with Crippen LogP contribution in [0.2, 0.25) is 0 Å². The van der Waals surface area contributed by atoms with Gasteiger partial charge >= 0.3 is 0 Å². The second-order valence-electron chi connectivity index (χ2n) is 5.52. The lowest BCUT2D eigenvalue weighted by Crippen LogP contribution is -2.48. The van der Waals surface area contributed by atoms with E-state index in [0.717, 1.165) is 5.56 Å². The minimum Gasteiger partial charge on any atom is -0.373 e. The van der Waals surface area contributed by atoms with Crippen LogP contribution in [-0.4, -0.2) is 49.1 Å². The van der Waals surface area contributed by atoms with Crippen molar-refractivity contribution in [2.45, 2.75) is 18.9 Å². The zero-order chi connectivity index (χ0) is 15.7. The van der Waals surface area contributed by atoms with E-state index in [9.17, 15) is 14.0 Å². The van der Waals surface area contributed by atoms with Crippen LogP contribution in [0.5, 0.6) is 0 Å². The number of hydrogen-bond acceptors (Lipinski definition) is 4. The second kappa shape index (κ2) is 6.02. The van der Waals surface area contributed by atoms with Crippen molar-refractivity contribution >= 4 is 17.5 Å². The molecule has 1 aromatic carbocycles. The fourth-order valence-electron chi connectivity index (χ4n) is 2.78. The number of aryl methyl sites for hydroxylation is 1. The van der Waals surface area contributed by atoms with Gasteiger partial charge in [-0.3, -0.25) is 9.59 Å². The third-order valence-electron chi connectivity index (χ3n) is 4.01. The molecule has 0 radical (unpaired) electrons. The summed E-state index contributed by atoms with van der Waals surface area (Å²) in [6, 6.07) is 2.76. The predicted octanol–water partition coefficient (Wildman–Crippen LogP) is 0.510. The summed E-state index contributed by atoms with van der Waals surface area (Å²) in [5.41, 5.74) is 6.83. The van der Waals surface area contributed by atoms with Gasteiger partial charge in [0.05, 0.1) is 18.3 Å². The molecule has 0 bridgehead atoms. The van der Waals surface area contributed by atoms with E-state index in [0.29, 0.717) is 44.8 Å². The van der Waals surface area contributed by atoms with Gasteiger partial charge in [-0.05, 0) is 24.1 Å². The van der Waals surface area contributed by atoms with E-state index in [4.69, 9.17) is 10.5 Å². The van der Waals surface area contributed by atoms with Gasteiger partial charge in [0.25, 0.3) is 5.91 Å². The maximum Gasteiger partial charge on any atom is 0.257 e. The molecule has 1 atom stereocenters. The first-order valence-electron chi connectivity index (χ1n) is 7.31. The standard InChI is InChI=1S/C15H18FN3O3/c16-12-6-13-9(1-2-14(20)18-13)5-11(12)15(21)19-3-4-22-10(7-17)8-19/h5-6,10H,1-4,7-8,17H2,(H,18,20). The SMILES string of the molecule is NCC1CN(C(=O)c2cc3c(cc2F)NC(=O)CC3)CCO1. The minimum absolute atomic E-state index is 0.0348. The predicted molar refractivity (Wildman–Crippen MR) is 78.0 cm³/mol. The summed E-state index contributed by atoms with van der Waals surface area (Å²) >= 11 is 0.